The second-order valence-corrected chi connectivity index (χ2v) is 4.60. The smallest absolute Gasteiger partial charge is 0.316 e. The minimum atomic E-state index is -0.599. The number of nitrogens with zero attached hydrogens (tertiary/aromatic N) is 4. The number of ether oxygens (including phenoxy) is 1. The van der Waals surface area contributed by atoms with Gasteiger partial charge in [0.15, 0.2) is 0 Å². The van der Waals surface area contributed by atoms with Crippen LogP contribution in [0.15, 0.2) is 18.8 Å². The number of anilines is 1. The van der Waals surface area contributed by atoms with Gasteiger partial charge in [0.1, 0.15) is 15.9 Å². The fourth-order valence-electron chi connectivity index (χ4n) is 1.49. The summed E-state index contributed by atoms with van der Waals surface area (Å²) in [6.45, 7) is 3.63. The second kappa shape index (κ2) is 5.46. The van der Waals surface area contributed by atoms with Crippen molar-refractivity contribution in [2.45, 2.75) is 5.92 Å². The summed E-state index contributed by atoms with van der Waals surface area (Å²) in [6, 6.07) is 4.03. The number of hydrogen-bond donors (Lipinski definition) is 1. The highest BCUT2D eigenvalue weighted by Gasteiger charge is 2.21. The molecule has 2 N–H and O–H groups in total. The van der Waals surface area contributed by atoms with Gasteiger partial charge < -0.3 is 10.5 Å². The van der Waals surface area contributed by atoms with Gasteiger partial charge in [0, 0.05) is 6.20 Å². The fourth-order valence-corrected chi connectivity index (χ4v) is 2.39. The number of aromatic nitrogens is 3. The quantitative estimate of drug-likeness (QED) is 0.912. The van der Waals surface area contributed by atoms with Gasteiger partial charge >= 0.3 is 6.01 Å². The third-order valence-electron chi connectivity index (χ3n) is 2.40. The molecule has 6 nitrogen and oxygen atoms in total. The van der Waals surface area contributed by atoms with Crippen LogP contribution in [0.3, 0.4) is 0 Å². The summed E-state index contributed by atoms with van der Waals surface area (Å²) in [5.41, 5.74) is 6.91. The second-order valence-electron chi connectivity index (χ2n) is 3.54. The minimum Gasteiger partial charge on any atom is -0.467 e. The van der Waals surface area contributed by atoms with Crippen LogP contribution in [0.25, 0.3) is 6.08 Å². The Balaban J connectivity index is 2.43. The maximum atomic E-state index is 9.32. The van der Waals surface area contributed by atoms with Gasteiger partial charge in [-0.3, -0.25) is 0 Å². The van der Waals surface area contributed by atoms with Crippen LogP contribution in [0.5, 0.6) is 6.01 Å². The zero-order valence-corrected chi connectivity index (χ0v) is 11.0. The van der Waals surface area contributed by atoms with Crippen LogP contribution in [-0.2, 0) is 0 Å². The van der Waals surface area contributed by atoms with Crippen LogP contribution in [0.2, 0.25) is 0 Å². The Hall–Kier alpha value is -2.46. The molecule has 0 amide bonds. The Morgan fingerprint density at radius 3 is 2.95 bits per heavy atom. The Labute approximate surface area is 114 Å². The maximum Gasteiger partial charge on any atom is 0.316 e. The van der Waals surface area contributed by atoms with Crippen LogP contribution >= 0.6 is 11.3 Å². The van der Waals surface area contributed by atoms with E-state index >= 15 is 0 Å². The number of nitrogen functional groups attached to an aromatic ring is 1. The maximum absolute atomic E-state index is 9.32. The molecule has 2 aromatic heterocycles. The monoisotopic (exact) mass is 273 g/mol. The lowest BCUT2D eigenvalue weighted by atomic mass is 10.1. The molecule has 0 fully saturated rings. The summed E-state index contributed by atoms with van der Waals surface area (Å²) >= 11 is 1.25. The van der Waals surface area contributed by atoms with Crippen molar-refractivity contribution in [1.82, 2.24) is 15.0 Å². The van der Waals surface area contributed by atoms with E-state index in [1.165, 1.54) is 24.6 Å². The first-order valence-corrected chi connectivity index (χ1v) is 6.16. The van der Waals surface area contributed by atoms with Crippen LogP contribution in [0, 0.1) is 11.3 Å². The molecule has 0 aromatic carbocycles. The van der Waals surface area contributed by atoms with Gasteiger partial charge in [0.2, 0.25) is 0 Å². The molecule has 1 unspecified atom stereocenters. The molecule has 96 valence electrons. The summed E-state index contributed by atoms with van der Waals surface area (Å²) in [6.07, 6.45) is 3.10. The van der Waals surface area contributed by atoms with Gasteiger partial charge in [0.05, 0.1) is 24.6 Å². The van der Waals surface area contributed by atoms with E-state index < -0.39 is 5.92 Å². The summed E-state index contributed by atoms with van der Waals surface area (Å²) in [5, 5.41) is 10.4. The molecule has 2 heterocycles. The van der Waals surface area contributed by atoms with E-state index in [-0.39, 0.29) is 6.01 Å². The van der Waals surface area contributed by atoms with Crippen LogP contribution < -0.4 is 10.5 Å². The first-order valence-electron chi connectivity index (χ1n) is 5.34. The Morgan fingerprint density at radius 2 is 2.37 bits per heavy atom. The SMILES string of the molecule is C=Cc1nc(C(C#N)c2ccnc(OC)n2)sc1N. The normalized spacial score (nSPS) is 11.6. The summed E-state index contributed by atoms with van der Waals surface area (Å²) in [4.78, 5) is 12.3. The van der Waals surface area contributed by atoms with Gasteiger partial charge in [-0.25, -0.2) is 9.97 Å². The summed E-state index contributed by atoms with van der Waals surface area (Å²) in [7, 11) is 1.47. The number of nitrogens with two attached hydrogens (primary N) is 1. The molecule has 2 aromatic rings. The van der Waals surface area contributed by atoms with Gasteiger partial charge in [-0.15, -0.1) is 0 Å². The molecular weight excluding hydrogens is 262 g/mol. The van der Waals surface area contributed by atoms with E-state index in [0.29, 0.717) is 21.4 Å². The zero-order valence-electron chi connectivity index (χ0n) is 10.2. The molecule has 0 aliphatic heterocycles. The minimum absolute atomic E-state index is 0.214. The van der Waals surface area contributed by atoms with E-state index in [9.17, 15) is 5.26 Å². The summed E-state index contributed by atoms with van der Waals surface area (Å²) in [5.74, 6) is -0.599. The molecular formula is C12H11N5OS. The molecule has 1 atom stereocenters. The van der Waals surface area contributed by atoms with Crippen LogP contribution in [-0.4, -0.2) is 22.1 Å². The number of nitriles is 1. The van der Waals surface area contributed by atoms with E-state index in [1.807, 2.05) is 0 Å². The molecule has 19 heavy (non-hydrogen) atoms. The van der Waals surface area contributed by atoms with Crippen molar-refractivity contribution in [2.75, 3.05) is 12.8 Å². The largest absolute Gasteiger partial charge is 0.467 e. The van der Waals surface area contributed by atoms with Crippen molar-refractivity contribution < 1.29 is 4.74 Å². The van der Waals surface area contributed by atoms with E-state index in [4.69, 9.17) is 10.5 Å². The predicted octanol–water partition coefficient (Wildman–Crippen LogP) is 1.82. The Bertz CT molecular complexity index is 646. The lowest BCUT2D eigenvalue weighted by Crippen LogP contribution is -2.03. The molecule has 0 saturated heterocycles. The third kappa shape index (κ3) is 2.53. The van der Waals surface area contributed by atoms with Gasteiger partial charge in [0.25, 0.3) is 0 Å². The molecule has 0 aliphatic carbocycles. The molecule has 2 rings (SSSR count). The van der Waals surface area contributed by atoms with Crippen LogP contribution in [0.4, 0.5) is 5.00 Å². The van der Waals surface area contributed by atoms with E-state index in [0.717, 1.165) is 0 Å². The number of thiazole rings is 1. The lowest BCUT2D eigenvalue weighted by molar-refractivity contribution is 0.378. The standard InChI is InChI=1S/C12H11N5OS/c1-3-8-10(14)19-11(16-8)7(6-13)9-4-5-15-12(17-9)18-2/h3-5,7H,1,14H2,2H3. The molecule has 7 heteroatoms. The van der Waals surface area contributed by atoms with Crippen molar-refractivity contribution in [3.63, 3.8) is 0 Å². The highest BCUT2D eigenvalue weighted by atomic mass is 32.1. The highest BCUT2D eigenvalue weighted by Crippen LogP contribution is 2.31. The fraction of sp³-hybridized carbons (Fsp3) is 0.167. The van der Waals surface area contributed by atoms with Crippen molar-refractivity contribution in [2.24, 2.45) is 0 Å². The van der Waals surface area contributed by atoms with Crippen molar-refractivity contribution in [3.8, 4) is 12.1 Å². The van der Waals surface area contributed by atoms with E-state index in [2.05, 4.69) is 27.6 Å². The molecule has 0 bridgehead atoms. The molecule has 0 radical (unpaired) electrons. The van der Waals surface area contributed by atoms with Crippen molar-refractivity contribution >= 4 is 22.4 Å². The van der Waals surface area contributed by atoms with Crippen LogP contribution in [0.1, 0.15) is 22.3 Å². The Kier molecular flexibility index (Phi) is 3.73. The van der Waals surface area contributed by atoms with Crippen molar-refractivity contribution in [1.29, 1.82) is 5.26 Å². The number of rotatable bonds is 4. The Morgan fingerprint density at radius 1 is 1.58 bits per heavy atom. The first kappa shape index (κ1) is 13.0. The summed E-state index contributed by atoms with van der Waals surface area (Å²) < 4.78 is 4.95. The lowest BCUT2D eigenvalue weighted by Gasteiger charge is -2.05. The van der Waals surface area contributed by atoms with Gasteiger partial charge in [-0.05, 0) is 12.1 Å². The van der Waals surface area contributed by atoms with Gasteiger partial charge in [-0.1, -0.05) is 17.9 Å². The average Bonchev–Trinajstić information content (AvgIpc) is 2.81. The zero-order chi connectivity index (χ0) is 13.8. The first-order chi connectivity index (χ1) is 9.19. The number of hydrogen-bond acceptors (Lipinski definition) is 7. The van der Waals surface area contributed by atoms with E-state index in [1.54, 1.807) is 12.1 Å². The average molecular weight is 273 g/mol. The highest BCUT2D eigenvalue weighted by molar-refractivity contribution is 7.15. The molecule has 0 aliphatic rings. The van der Waals surface area contributed by atoms with Gasteiger partial charge in [-0.2, -0.15) is 10.2 Å². The molecule has 0 saturated carbocycles. The molecule has 0 spiro atoms. The predicted molar refractivity (Wildman–Crippen MR) is 72.7 cm³/mol. The van der Waals surface area contributed by atoms with Crippen molar-refractivity contribution in [3.05, 3.63) is 35.2 Å². The topological polar surface area (TPSA) is 97.7 Å². The number of methoxy groups -OCH3 is 1. The third-order valence-corrected chi connectivity index (χ3v) is 3.37.